The quantitative estimate of drug-likeness (QED) is 0.181. The number of benzene rings is 3. The minimum absolute atomic E-state index is 0.0109. The first-order valence-corrected chi connectivity index (χ1v) is 15.7. The van der Waals surface area contributed by atoms with E-state index < -0.39 is 5.91 Å². The van der Waals surface area contributed by atoms with Crippen LogP contribution in [-0.4, -0.2) is 40.3 Å². The number of amides is 3. The van der Waals surface area contributed by atoms with Crippen LogP contribution in [0.15, 0.2) is 90.4 Å². The van der Waals surface area contributed by atoms with Crippen molar-refractivity contribution in [2.45, 2.75) is 46.0 Å². The molecule has 0 spiro atoms. The van der Waals surface area contributed by atoms with Crippen molar-refractivity contribution in [1.29, 1.82) is 0 Å². The van der Waals surface area contributed by atoms with Gasteiger partial charge in [-0.15, -0.1) is 0 Å². The van der Waals surface area contributed by atoms with Crippen LogP contribution >= 0.6 is 0 Å². The highest BCUT2D eigenvalue weighted by molar-refractivity contribution is 6.07. The number of hydrogen-bond acceptors (Lipinski definition) is 5. The molecule has 1 fully saturated rings. The SMILES string of the molecule is C=CC(=O)Nc1cc(Nc2cc(-c3cccc(NC(=O)c4ccc(C(C)(C)C)cc4)c3C)cn(C)c2=O)ccc1C(=O)N1CCCC1. The van der Waals surface area contributed by atoms with Crippen molar-refractivity contribution in [3.8, 4) is 11.1 Å². The van der Waals surface area contributed by atoms with Gasteiger partial charge in [0, 0.05) is 48.8 Å². The molecule has 0 atom stereocenters. The van der Waals surface area contributed by atoms with E-state index in [1.54, 1.807) is 42.4 Å². The van der Waals surface area contributed by atoms with Crippen LogP contribution in [-0.2, 0) is 17.3 Å². The largest absolute Gasteiger partial charge is 0.351 e. The van der Waals surface area contributed by atoms with E-state index in [-0.39, 0.29) is 22.8 Å². The van der Waals surface area contributed by atoms with Crippen molar-refractivity contribution in [2.75, 3.05) is 29.0 Å². The number of pyridine rings is 1. The van der Waals surface area contributed by atoms with E-state index in [9.17, 15) is 19.2 Å². The van der Waals surface area contributed by atoms with Crippen molar-refractivity contribution < 1.29 is 14.4 Å². The number of aryl methyl sites for hydroxylation is 1. The van der Waals surface area contributed by atoms with E-state index in [0.717, 1.165) is 41.2 Å². The van der Waals surface area contributed by atoms with Crippen molar-refractivity contribution in [3.05, 3.63) is 118 Å². The van der Waals surface area contributed by atoms with Gasteiger partial charge in [0.2, 0.25) is 5.91 Å². The van der Waals surface area contributed by atoms with Crippen molar-refractivity contribution in [1.82, 2.24) is 9.47 Å². The number of anilines is 4. The molecule has 9 nitrogen and oxygen atoms in total. The normalized spacial score (nSPS) is 12.8. The number of carbonyl (C=O) groups excluding carboxylic acids is 3. The lowest BCUT2D eigenvalue weighted by Crippen LogP contribution is -2.28. The fourth-order valence-electron chi connectivity index (χ4n) is 5.69. The molecule has 0 bridgehead atoms. The molecule has 3 amide bonds. The Bertz CT molecular complexity index is 1910. The summed E-state index contributed by atoms with van der Waals surface area (Å²) in [5, 5.41) is 8.97. The number of nitrogens with one attached hydrogen (secondary N) is 3. The minimum Gasteiger partial charge on any atom is -0.351 e. The van der Waals surface area contributed by atoms with E-state index in [1.165, 1.54) is 4.57 Å². The minimum atomic E-state index is -0.445. The molecule has 0 radical (unpaired) electrons. The molecular weight excluding hydrogens is 590 g/mol. The summed E-state index contributed by atoms with van der Waals surface area (Å²) < 4.78 is 1.49. The number of aromatic nitrogens is 1. The maximum Gasteiger partial charge on any atom is 0.274 e. The highest BCUT2D eigenvalue weighted by Crippen LogP contribution is 2.31. The number of likely N-dealkylation sites (tertiary alicyclic amines) is 1. The Morgan fingerprint density at radius 2 is 1.57 bits per heavy atom. The number of carbonyl (C=O) groups is 3. The van der Waals surface area contributed by atoms with Gasteiger partial charge in [-0.1, -0.05) is 51.6 Å². The summed E-state index contributed by atoms with van der Waals surface area (Å²) in [6.45, 7) is 13.2. The first-order chi connectivity index (χ1) is 22.3. The molecule has 2 heterocycles. The van der Waals surface area contributed by atoms with E-state index in [2.05, 4.69) is 43.3 Å². The molecule has 3 N–H and O–H groups in total. The van der Waals surface area contributed by atoms with Crippen LogP contribution in [0.5, 0.6) is 0 Å². The summed E-state index contributed by atoms with van der Waals surface area (Å²) in [6, 6.07) is 20.1. The molecule has 1 aliphatic rings. The third kappa shape index (κ3) is 7.35. The molecule has 3 aromatic carbocycles. The lowest BCUT2D eigenvalue weighted by molar-refractivity contribution is -0.111. The second-order valence-corrected chi connectivity index (χ2v) is 12.9. The Hall–Kier alpha value is -5.44. The van der Waals surface area contributed by atoms with Crippen LogP contribution < -0.4 is 21.5 Å². The molecule has 242 valence electrons. The zero-order valence-corrected chi connectivity index (χ0v) is 27.6. The summed E-state index contributed by atoms with van der Waals surface area (Å²) in [7, 11) is 1.67. The molecule has 0 saturated carbocycles. The Morgan fingerprint density at radius 3 is 2.23 bits per heavy atom. The van der Waals surface area contributed by atoms with Gasteiger partial charge in [0.1, 0.15) is 5.69 Å². The number of rotatable bonds is 8. The Morgan fingerprint density at radius 1 is 0.872 bits per heavy atom. The average molecular weight is 632 g/mol. The van der Waals surface area contributed by atoms with E-state index in [4.69, 9.17) is 0 Å². The fourth-order valence-corrected chi connectivity index (χ4v) is 5.69. The van der Waals surface area contributed by atoms with Crippen molar-refractivity contribution in [2.24, 2.45) is 7.05 Å². The highest BCUT2D eigenvalue weighted by Gasteiger charge is 2.23. The third-order valence-electron chi connectivity index (χ3n) is 8.45. The van der Waals surface area contributed by atoms with Gasteiger partial charge in [0.25, 0.3) is 17.4 Å². The van der Waals surface area contributed by atoms with Gasteiger partial charge >= 0.3 is 0 Å². The molecular formula is C38H41N5O4. The Balaban J connectivity index is 1.43. The predicted octanol–water partition coefficient (Wildman–Crippen LogP) is 7.01. The standard InChI is InChI=1S/C38H41N5O4/c1-7-34(44)40-32-22-28(17-18-30(32)36(46)43-19-8-9-20-43)39-33-21-26(23-42(6)37(33)47)29-11-10-12-31(24(29)2)41-35(45)25-13-15-27(16-14-25)38(3,4)5/h7,10-18,21-23,39H,1,8-9,19-20H2,2-6H3,(H,40,44)(H,41,45). The molecule has 1 saturated heterocycles. The smallest absolute Gasteiger partial charge is 0.274 e. The zero-order chi connectivity index (χ0) is 33.9. The highest BCUT2D eigenvalue weighted by atomic mass is 16.2. The third-order valence-corrected chi connectivity index (χ3v) is 8.45. The first-order valence-electron chi connectivity index (χ1n) is 15.7. The monoisotopic (exact) mass is 631 g/mol. The van der Waals surface area contributed by atoms with Gasteiger partial charge in [-0.3, -0.25) is 19.2 Å². The van der Waals surface area contributed by atoms with E-state index in [1.807, 2.05) is 49.4 Å². The molecule has 0 aliphatic carbocycles. The predicted molar refractivity (Wildman–Crippen MR) is 189 cm³/mol. The van der Waals surface area contributed by atoms with Crippen LogP contribution in [0, 0.1) is 6.92 Å². The van der Waals surface area contributed by atoms with Gasteiger partial charge in [-0.2, -0.15) is 0 Å². The van der Waals surface area contributed by atoms with Gasteiger partial charge in [-0.25, -0.2) is 0 Å². The maximum atomic E-state index is 13.3. The van der Waals surface area contributed by atoms with E-state index in [0.29, 0.717) is 47.0 Å². The summed E-state index contributed by atoms with van der Waals surface area (Å²) in [4.78, 5) is 53.7. The Labute approximate surface area is 275 Å². The lowest BCUT2D eigenvalue weighted by Gasteiger charge is -2.19. The fraction of sp³-hybridized carbons (Fsp3) is 0.263. The van der Waals surface area contributed by atoms with Gasteiger partial charge in [0.05, 0.1) is 11.3 Å². The molecule has 4 aromatic rings. The van der Waals surface area contributed by atoms with Gasteiger partial charge in [0.15, 0.2) is 0 Å². The summed E-state index contributed by atoms with van der Waals surface area (Å²) in [5.41, 5.74) is 6.08. The van der Waals surface area contributed by atoms with Gasteiger partial charge in [-0.05, 0) is 90.4 Å². The summed E-state index contributed by atoms with van der Waals surface area (Å²) >= 11 is 0. The number of hydrogen-bond donors (Lipinski definition) is 3. The summed E-state index contributed by atoms with van der Waals surface area (Å²) in [6.07, 6.45) is 4.78. The van der Waals surface area contributed by atoms with Crippen LogP contribution in [0.1, 0.15) is 65.5 Å². The summed E-state index contributed by atoms with van der Waals surface area (Å²) in [5.74, 6) is -0.810. The van der Waals surface area contributed by atoms with Crippen LogP contribution in [0.4, 0.5) is 22.7 Å². The van der Waals surface area contributed by atoms with Crippen molar-refractivity contribution in [3.63, 3.8) is 0 Å². The lowest BCUT2D eigenvalue weighted by atomic mass is 9.86. The molecule has 9 heteroatoms. The number of nitrogens with zero attached hydrogens (tertiary/aromatic N) is 2. The molecule has 1 aromatic heterocycles. The first kappa shape index (κ1) is 32.9. The zero-order valence-electron chi connectivity index (χ0n) is 27.6. The maximum absolute atomic E-state index is 13.3. The molecule has 1 aliphatic heterocycles. The van der Waals surface area contributed by atoms with E-state index >= 15 is 0 Å². The molecule has 5 rings (SSSR count). The second kappa shape index (κ2) is 13.5. The van der Waals surface area contributed by atoms with Crippen LogP contribution in [0.25, 0.3) is 11.1 Å². The second-order valence-electron chi connectivity index (χ2n) is 12.9. The molecule has 0 unspecified atom stereocenters. The van der Waals surface area contributed by atoms with Gasteiger partial charge < -0.3 is 25.4 Å². The molecule has 47 heavy (non-hydrogen) atoms. The van der Waals surface area contributed by atoms with Crippen LogP contribution in [0.2, 0.25) is 0 Å². The van der Waals surface area contributed by atoms with Crippen LogP contribution in [0.3, 0.4) is 0 Å². The van der Waals surface area contributed by atoms with Crippen molar-refractivity contribution >= 4 is 40.5 Å². The topological polar surface area (TPSA) is 113 Å². The Kier molecular flexibility index (Phi) is 9.46. The average Bonchev–Trinajstić information content (AvgIpc) is 3.59.